The maximum atomic E-state index is 12.7. The zero-order valence-corrected chi connectivity index (χ0v) is 16.4. The Morgan fingerprint density at radius 3 is 2.50 bits per heavy atom. The molecule has 26 heavy (non-hydrogen) atoms. The van der Waals surface area contributed by atoms with Gasteiger partial charge in [-0.15, -0.1) is 0 Å². The van der Waals surface area contributed by atoms with Gasteiger partial charge in [0.15, 0.2) is 0 Å². The van der Waals surface area contributed by atoms with E-state index in [2.05, 4.69) is 40.0 Å². The third-order valence-corrected chi connectivity index (χ3v) is 6.00. The largest absolute Gasteiger partial charge is 0.354 e. The molecule has 1 unspecified atom stereocenters. The van der Waals surface area contributed by atoms with Gasteiger partial charge in [0.1, 0.15) is 0 Å². The molecule has 5 heteroatoms. The Hall–Kier alpha value is -1.46. The lowest BCUT2D eigenvalue weighted by atomic mass is 9.95. The van der Waals surface area contributed by atoms with Crippen molar-refractivity contribution in [1.82, 2.24) is 20.1 Å². The van der Waals surface area contributed by atoms with Crippen LogP contribution < -0.4 is 5.32 Å². The summed E-state index contributed by atoms with van der Waals surface area (Å²) in [7, 11) is 0. The van der Waals surface area contributed by atoms with Gasteiger partial charge in [-0.05, 0) is 77.3 Å². The second-order valence-electron chi connectivity index (χ2n) is 8.05. The first-order valence-corrected chi connectivity index (χ1v) is 10.3. The zero-order chi connectivity index (χ0) is 18.4. The van der Waals surface area contributed by atoms with E-state index in [0.29, 0.717) is 12.6 Å². The molecule has 0 bridgehead atoms. The average molecular weight is 359 g/mol. The van der Waals surface area contributed by atoms with Crippen molar-refractivity contribution in [2.75, 3.05) is 32.7 Å². The number of carbonyl (C=O) groups is 1. The summed E-state index contributed by atoms with van der Waals surface area (Å²) in [6, 6.07) is 4.95. The molecular weight excluding hydrogens is 324 g/mol. The van der Waals surface area contributed by atoms with Gasteiger partial charge in [0, 0.05) is 30.9 Å². The fraction of sp³-hybridized carbons (Fsp3) is 0.714. The first-order valence-electron chi connectivity index (χ1n) is 10.3. The molecule has 0 aliphatic carbocycles. The minimum atomic E-state index is 0.168. The Bertz CT molecular complexity index is 548. The number of hydrogen-bond acceptors (Lipinski definition) is 4. The molecule has 1 amide bonds. The van der Waals surface area contributed by atoms with Crippen molar-refractivity contribution >= 4 is 5.91 Å². The summed E-state index contributed by atoms with van der Waals surface area (Å²) in [5.41, 5.74) is 1.21. The van der Waals surface area contributed by atoms with Gasteiger partial charge in [0.2, 0.25) is 5.91 Å². The third kappa shape index (κ3) is 5.04. The van der Waals surface area contributed by atoms with Crippen molar-refractivity contribution < 1.29 is 4.79 Å². The molecule has 1 aromatic heterocycles. The fourth-order valence-electron chi connectivity index (χ4n) is 4.28. The van der Waals surface area contributed by atoms with Crippen molar-refractivity contribution in [1.29, 1.82) is 0 Å². The predicted octanol–water partition coefficient (Wildman–Crippen LogP) is 2.85. The lowest BCUT2D eigenvalue weighted by Gasteiger charge is -2.36. The van der Waals surface area contributed by atoms with Gasteiger partial charge in [0.05, 0.1) is 6.04 Å². The zero-order valence-electron chi connectivity index (χ0n) is 16.4. The van der Waals surface area contributed by atoms with Crippen LogP contribution in [-0.4, -0.2) is 59.5 Å². The number of nitrogens with one attached hydrogen (secondary N) is 1. The molecule has 2 aliphatic rings. The van der Waals surface area contributed by atoms with Crippen LogP contribution in [0.4, 0.5) is 0 Å². The molecule has 0 spiro atoms. The van der Waals surface area contributed by atoms with Crippen LogP contribution in [0.5, 0.6) is 0 Å². The van der Waals surface area contributed by atoms with Crippen LogP contribution in [0, 0.1) is 5.92 Å². The second-order valence-corrected chi connectivity index (χ2v) is 8.05. The maximum absolute atomic E-state index is 12.7. The van der Waals surface area contributed by atoms with Crippen LogP contribution >= 0.6 is 0 Å². The Labute approximate surface area is 158 Å². The summed E-state index contributed by atoms with van der Waals surface area (Å²) in [6.07, 6.45) is 9.54. The molecule has 1 aromatic rings. The summed E-state index contributed by atoms with van der Waals surface area (Å²) in [5, 5.41) is 3.27. The normalized spacial score (nSPS) is 21.7. The highest BCUT2D eigenvalue weighted by molar-refractivity contribution is 5.78. The molecule has 3 heterocycles. The van der Waals surface area contributed by atoms with Crippen LogP contribution in [0.2, 0.25) is 0 Å². The van der Waals surface area contributed by atoms with Crippen LogP contribution in [0.1, 0.15) is 57.6 Å². The predicted molar refractivity (Wildman–Crippen MR) is 105 cm³/mol. The van der Waals surface area contributed by atoms with E-state index < -0.39 is 0 Å². The first kappa shape index (κ1) is 19.3. The van der Waals surface area contributed by atoms with Crippen molar-refractivity contribution in [3.63, 3.8) is 0 Å². The van der Waals surface area contributed by atoms with Crippen LogP contribution in [0.3, 0.4) is 0 Å². The number of carbonyl (C=O) groups excluding carboxylic acids is 1. The van der Waals surface area contributed by atoms with E-state index in [1.807, 2.05) is 18.5 Å². The highest BCUT2D eigenvalue weighted by Gasteiger charge is 2.28. The number of hydrogen-bond donors (Lipinski definition) is 1. The van der Waals surface area contributed by atoms with Crippen molar-refractivity contribution in [2.24, 2.45) is 5.92 Å². The minimum absolute atomic E-state index is 0.168. The number of rotatable bonds is 6. The molecule has 0 radical (unpaired) electrons. The van der Waals surface area contributed by atoms with Crippen molar-refractivity contribution in [2.45, 2.75) is 58.0 Å². The van der Waals surface area contributed by atoms with Gasteiger partial charge in [-0.25, -0.2) is 0 Å². The fourth-order valence-corrected chi connectivity index (χ4v) is 4.28. The van der Waals surface area contributed by atoms with E-state index in [0.717, 1.165) is 39.0 Å². The number of likely N-dealkylation sites (tertiary alicyclic amines) is 2. The molecule has 1 N–H and O–H groups in total. The van der Waals surface area contributed by atoms with E-state index in [4.69, 9.17) is 0 Å². The van der Waals surface area contributed by atoms with Gasteiger partial charge >= 0.3 is 0 Å². The molecule has 5 nitrogen and oxygen atoms in total. The maximum Gasteiger partial charge on any atom is 0.223 e. The highest BCUT2D eigenvalue weighted by atomic mass is 16.1. The van der Waals surface area contributed by atoms with Crippen LogP contribution in [0.15, 0.2) is 24.5 Å². The van der Waals surface area contributed by atoms with Gasteiger partial charge in [-0.3, -0.25) is 14.7 Å². The topological polar surface area (TPSA) is 48.5 Å². The summed E-state index contributed by atoms with van der Waals surface area (Å²) in [5.74, 6) is 0.403. The Balaban J connectivity index is 1.56. The standard InChI is InChI=1S/C21H34N4O/c1-17(2)24-13-8-18(9-14-24)21(26)23-16-20(19-7-6-10-22-15-19)25-11-4-3-5-12-25/h6-7,10,15,17-18,20H,3-5,8-9,11-14,16H2,1-2H3,(H,23,26). The summed E-state index contributed by atoms with van der Waals surface area (Å²) < 4.78 is 0. The molecule has 3 rings (SSSR count). The molecule has 0 aromatic carbocycles. The number of nitrogens with zero attached hydrogens (tertiary/aromatic N) is 3. The van der Waals surface area contributed by atoms with E-state index in [-0.39, 0.29) is 17.9 Å². The lowest BCUT2D eigenvalue weighted by Crippen LogP contribution is -2.45. The Morgan fingerprint density at radius 2 is 1.88 bits per heavy atom. The number of aromatic nitrogens is 1. The molecule has 2 aliphatic heterocycles. The lowest BCUT2D eigenvalue weighted by molar-refractivity contribution is -0.126. The summed E-state index contributed by atoms with van der Waals surface area (Å²) in [6.45, 7) is 9.45. The van der Waals surface area contributed by atoms with E-state index >= 15 is 0 Å². The Morgan fingerprint density at radius 1 is 1.15 bits per heavy atom. The van der Waals surface area contributed by atoms with Gasteiger partial charge in [-0.1, -0.05) is 12.5 Å². The van der Waals surface area contributed by atoms with Crippen LogP contribution in [-0.2, 0) is 4.79 Å². The van der Waals surface area contributed by atoms with Crippen LogP contribution in [0.25, 0.3) is 0 Å². The third-order valence-electron chi connectivity index (χ3n) is 6.00. The van der Waals surface area contributed by atoms with Gasteiger partial charge in [0.25, 0.3) is 0 Å². The summed E-state index contributed by atoms with van der Waals surface area (Å²) >= 11 is 0. The van der Waals surface area contributed by atoms with E-state index in [9.17, 15) is 4.79 Å². The number of pyridine rings is 1. The summed E-state index contributed by atoms with van der Waals surface area (Å²) in [4.78, 5) is 22.0. The molecular formula is C21H34N4O. The molecule has 1 atom stereocenters. The second kappa shape index (κ2) is 9.47. The van der Waals surface area contributed by atoms with Crippen molar-refractivity contribution in [3.8, 4) is 0 Å². The first-order chi connectivity index (χ1) is 12.6. The molecule has 2 fully saturated rings. The smallest absolute Gasteiger partial charge is 0.223 e. The average Bonchev–Trinajstić information content (AvgIpc) is 2.69. The van der Waals surface area contributed by atoms with E-state index in [1.165, 1.54) is 24.8 Å². The molecule has 144 valence electrons. The molecule has 2 saturated heterocycles. The van der Waals surface area contributed by atoms with Crippen molar-refractivity contribution in [3.05, 3.63) is 30.1 Å². The number of amides is 1. The monoisotopic (exact) mass is 358 g/mol. The quantitative estimate of drug-likeness (QED) is 0.849. The van der Waals surface area contributed by atoms with E-state index in [1.54, 1.807) is 0 Å². The van der Waals surface area contributed by atoms with Gasteiger partial charge in [-0.2, -0.15) is 0 Å². The minimum Gasteiger partial charge on any atom is -0.354 e. The van der Waals surface area contributed by atoms with Gasteiger partial charge < -0.3 is 10.2 Å². The highest BCUT2D eigenvalue weighted by Crippen LogP contribution is 2.24. The SMILES string of the molecule is CC(C)N1CCC(C(=O)NCC(c2cccnc2)N2CCCCC2)CC1. The Kier molecular flexibility index (Phi) is 7.03. The number of piperidine rings is 2. The molecule has 0 saturated carbocycles.